The lowest BCUT2D eigenvalue weighted by molar-refractivity contribution is -0.0493. The molecule has 41 heavy (non-hydrogen) atoms. The van der Waals surface area contributed by atoms with Crippen molar-refractivity contribution in [2.75, 3.05) is 61.3 Å². The van der Waals surface area contributed by atoms with E-state index in [9.17, 15) is 13.6 Å². The number of rotatable bonds is 10. The summed E-state index contributed by atoms with van der Waals surface area (Å²) in [5, 5.41) is 7.88. The summed E-state index contributed by atoms with van der Waals surface area (Å²) in [6, 6.07) is 7.55. The van der Waals surface area contributed by atoms with E-state index in [-0.39, 0.29) is 11.7 Å². The highest BCUT2D eigenvalue weighted by atomic mass is 32.1. The number of benzene rings is 1. The molecule has 220 valence electrons. The van der Waals surface area contributed by atoms with Crippen LogP contribution in [0.25, 0.3) is 0 Å². The minimum atomic E-state index is -2.99. The molecule has 3 aromatic rings. The van der Waals surface area contributed by atoms with Crippen molar-refractivity contribution < 1.29 is 18.3 Å². The zero-order chi connectivity index (χ0) is 28.9. The molecule has 2 aliphatic rings. The summed E-state index contributed by atoms with van der Waals surface area (Å²) in [4.78, 5) is 28.2. The largest absolute Gasteiger partial charge is 0.433 e. The number of piperidine rings is 1. The van der Waals surface area contributed by atoms with Crippen LogP contribution in [0.3, 0.4) is 0 Å². The van der Waals surface area contributed by atoms with Gasteiger partial charge >= 0.3 is 6.61 Å². The average molecular weight is 587 g/mol. The third-order valence-corrected chi connectivity index (χ3v) is 8.67. The van der Waals surface area contributed by atoms with Gasteiger partial charge in [-0.3, -0.25) is 9.69 Å². The number of aromatic nitrogens is 2. The fourth-order valence-electron chi connectivity index (χ4n) is 5.41. The second-order valence-electron chi connectivity index (χ2n) is 10.3. The summed E-state index contributed by atoms with van der Waals surface area (Å²) in [6.45, 7) is 8.27. The number of piperazine rings is 1. The zero-order valence-electron chi connectivity index (χ0n) is 23.3. The number of amides is 1. The van der Waals surface area contributed by atoms with Crippen LogP contribution in [-0.4, -0.2) is 84.1 Å². The Morgan fingerprint density at radius 2 is 1.88 bits per heavy atom. The molecule has 4 heterocycles. The Morgan fingerprint density at radius 1 is 1.12 bits per heavy atom. The van der Waals surface area contributed by atoms with Crippen molar-refractivity contribution in [3.8, 4) is 5.75 Å². The number of primary amides is 1. The van der Waals surface area contributed by atoms with Gasteiger partial charge in [0.2, 0.25) is 5.95 Å². The number of nitrogens with zero attached hydrogens (tertiary/aromatic N) is 5. The smallest absolute Gasteiger partial charge is 0.387 e. The van der Waals surface area contributed by atoms with Gasteiger partial charge in [0, 0.05) is 68.8 Å². The van der Waals surface area contributed by atoms with Gasteiger partial charge in [0.15, 0.2) is 5.75 Å². The first kappa shape index (κ1) is 29.0. The minimum absolute atomic E-state index is 0.0165. The van der Waals surface area contributed by atoms with E-state index >= 15 is 0 Å². The van der Waals surface area contributed by atoms with E-state index in [1.54, 1.807) is 29.8 Å². The molecule has 2 fully saturated rings. The summed E-state index contributed by atoms with van der Waals surface area (Å²) in [6.07, 6.45) is 3.67. The van der Waals surface area contributed by atoms with Gasteiger partial charge in [0.25, 0.3) is 5.91 Å². The summed E-state index contributed by atoms with van der Waals surface area (Å²) >= 11 is 1.23. The van der Waals surface area contributed by atoms with Crippen molar-refractivity contribution in [3.63, 3.8) is 0 Å². The first-order valence-corrected chi connectivity index (χ1v) is 14.7. The fourth-order valence-corrected chi connectivity index (χ4v) is 6.12. The molecule has 2 aromatic heterocycles. The van der Waals surface area contributed by atoms with Crippen LogP contribution in [0.2, 0.25) is 0 Å². The van der Waals surface area contributed by atoms with Crippen LogP contribution in [-0.2, 0) is 0 Å². The molecule has 10 nitrogen and oxygen atoms in total. The predicted molar refractivity (Wildman–Crippen MR) is 158 cm³/mol. The van der Waals surface area contributed by atoms with Gasteiger partial charge < -0.3 is 30.9 Å². The monoisotopic (exact) mass is 586 g/mol. The second kappa shape index (κ2) is 13.0. The van der Waals surface area contributed by atoms with Crippen molar-refractivity contribution in [1.82, 2.24) is 19.8 Å². The van der Waals surface area contributed by atoms with Crippen LogP contribution in [0.5, 0.6) is 5.75 Å². The lowest BCUT2D eigenvalue weighted by Crippen LogP contribution is -2.53. The molecular weight excluding hydrogens is 550 g/mol. The highest BCUT2D eigenvalue weighted by Crippen LogP contribution is 2.35. The Hall–Kier alpha value is -3.55. The van der Waals surface area contributed by atoms with Crippen LogP contribution >= 0.6 is 11.3 Å². The summed E-state index contributed by atoms with van der Waals surface area (Å²) in [5.74, 6) is 0.114. The molecule has 1 aromatic carbocycles. The molecule has 5 rings (SSSR count). The van der Waals surface area contributed by atoms with Gasteiger partial charge in [-0.2, -0.15) is 13.8 Å². The Labute approximate surface area is 242 Å². The normalized spacial score (nSPS) is 17.1. The first-order chi connectivity index (χ1) is 19.8. The van der Waals surface area contributed by atoms with Crippen molar-refractivity contribution in [3.05, 3.63) is 46.3 Å². The van der Waals surface area contributed by atoms with E-state index in [1.165, 1.54) is 11.3 Å². The third kappa shape index (κ3) is 7.03. The van der Waals surface area contributed by atoms with E-state index in [4.69, 9.17) is 10.5 Å². The lowest BCUT2D eigenvalue weighted by Gasteiger charge is -2.43. The minimum Gasteiger partial charge on any atom is -0.433 e. The van der Waals surface area contributed by atoms with Crippen LogP contribution in [0.4, 0.5) is 37.6 Å². The number of likely N-dealkylation sites (N-methyl/N-ethyl adjacent to an activating group) is 1. The van der Waals surface area contributed by atoms with Crippen molar-refractivity contribution >= 4 is 46.1 Å². The highest BCUT2D eigenvalue weighted by Gasteiger charge is 2.27. The highest BCUT2D eigenvalue weighted by molar-refractivity contribution is 7.12. The molecule has 0 spiro atoms. The lowest BCUT2D eigenvalue weighted by atomic mass is 10.0. The Morgan fingerprint density at radius 3 is 2.56 bits per heavy atom. The fraction of sp³-hybridized carbons (Fsp3) is 0.464. The molecule has 2 saturated heterocycles. The predicted octanol–water partition coefficient (Wildman–Crippen LogP) is 4.64. The molecule has 1 amide bonds. The number of anilines is 5. The van der Waals surface area contributed by atoms with Gasteiger partial charge in [-0.25, -0.2) is 4.98 Å². The van der Waals surface area contributed by atoms with Gasteiger partial charge in [0.1, 0.15) is 10.7 Å². The van der Waals surface area contributed by atoms with E-state index in [0.29, 0.717) is 28.1 Å². The summed E-state index contributed by atoms with van der Waals surface area (Å²) in [7, 11) is 0. The first-order valence-electron chi connectivity index (χ1n) is 13.9. The molecule has 0 bridgehead atoms. The van der Waals surface area contributed by atoms with Crippen LogP contribution in [0, 0.1) is 6.92 Å². The zero-order valence-corrected chi connectivity index (χ0v) is 24.1. The number of ether oxygens (including phenoxy) is 1. The van der Waals surface area contributed by atoms with Crippen molar-refractivity contribution in [1.29, 1.82) is 0 Å². The number of halogens is 2. The summed E-state index contributed by atoms with van der Waals surface area (Å²) in [5.41, 5.74) is 7.88. The summed E-state index contributed by atoms with van der Waals surface area (Å²) < 4.78 is 31.7. The maximum Gasteiger partial charge on any atom is 0.387 e. The number of nitrogens with one attached hydrogen (secondary N) is 2. The maximum absolute atomic E-state index is 13.4. The molecule has 0 aliphatic carbocycles. The second-order valence-corrected chi connectivity index (χ2v) is 11.2. The van der Waals surface area contributed by atoms with E-state index in [1.807, 2.05) is 13.0 Å². The van der Waals surface area contributed by atoms with Gasteiger partial charge in [-0.1, -0.05) is 6.92 Å². The number of thiophene rings is 1. The molecule has 4 N–H and O–H groups in total. The van der Waals surface area contributed by atoms with E-state index in [2.05, 4.69) is 42.2 Å². The molecular formula is C28H36F2N8O2S. The Bertz CT molecular complexity index is 1340. The van der Waals surface area contributed by atoms with Gasteiger partial charge in [0.05, 0.1) is 11.4 Å². The number of carbonyl (C=O) groups excluding carboxylic acids is 1. The number of nitrogens with two attached hydrogens (primary N) is 1. The molecule has 0 saturated carbocycles. The van der Waals surface area contributed by atoms with Crippen molar-refractivity contribution in [2.24, 2.45) is 5.73 Å². The van der Waals surface area contributed by atoms with Gasteiger partial charge in [-0.15, -0.1) is 11.3 Å². The Balaban J connectivity index is 1.28. The third-order valence-electron chi connectivity index (χ3n) is 7.74. The average Bonchev–Trinajstić information content (AvgIpc) is 3.44. The SMILES string of the molecule is CCN1CCN(C2CCN(c3ccc(Nc4ncc(C)c(Nc5ccsc5C(N)=O)n4)c(OC(F)F)c3)CC2)CC1. The molecule has 0 unspecified atom stereocenters. The maximum atomic E-state index is 13.4. The molecule has 0 atom stereocenters. The van der Waals surface area contributed by atoms with Crippen molar-refractivity contribution in [2.45, 2.75) is 39.3 Å². The van der Waals surface area contributed by atoms with Gasteiger partial charge in [-0.05, 0) is 49.9 Å². The molecule has 0 radical (unpaired) electrons. The van der Waals surface area contributed by atoms with E-state index in [0.717, 1.165) is 69.9 Å². The molecule has 13 heteroatoms. The quantitative estimate of drug-likeness (QED) is 0.313. The topological polar surface area (TPSA) is 112 Å². The number of hydrogen-bond donors (Lipinski definition) is 3. The number of alkyl halides is 2. The van der Waals surface area contributed by atoms with E-state index < -0.39 is 12.5 Å². The van der Waals surface area contributed by atoms with Crippen LogP contribution in [0.1, 0.15) is 35.0 Å². The standard InChI is InChI=1S/C28H36F2N8O2S/c1-3-36-11-13-38(14-12-36)19-6-9-37(10-7-19)20-4-5-21(23(16-20)40-27(29)30)34-28-32-17-18(2)26(35-28)33-22-8-15-41-24(22)25(31)39/h4-5,8,15-17,19,27H,3,6-7,9-14H2,1-2H3,(H2,31,39)(H2,32,33,34,35). The van der Waals surface area contributed by atoms with Crippen LogP contribution < -0.4 is 26.0 Å². The molecule has 2 aliphatic heterocycles. The number of carbonyl (C=O) groups is 1. The van der Waals surface area contributed by atoms with Crippen LogP contribution in [0.15, 0.2) is 35.8 Å². The Kier molecular flexibility index (Phi) is 9.15. The number of aryl methyl sites for hydroxylation is 1. The number of hydrogen-bond acceptors (Lipinski definition) is 10.